The summed E-state index contributed by atoms with van der Waals surface area (Å²) in [6.07, 6.45) is 5.55. The first-order chi connectivity index (χ1) is 20.4. The van der Waals surface area contributed by atoms with Crippen LogP contribution < -0.4 is 5.73 Å². The second-order valence-electron chi connectivity index (χ2n) is 10.9. The van der Waals surface area contributed by atoms with Crippen molar-refractivity contribution in [3.8, 4) is 11.3 Å². The molecule has 6 rings (SSSR count). The SMILES string of the molecule is CC(C)C(O)(c1ccc(-c2cc(N)ccn2)cc1)c1cn(C(c2ccccc2)(c2ccccc2)c2ccccc2)cn1. The van der Waals surface area contributed by atoms with E-state index in [-0.39, 0.29) is 5.92 Å². The van der Waals surface area contributed by atoms with Crippen molar-refractivity contribution >= 4 is 5.69 Å². The highest BCUT2D eigenvalue weighted by Crippen LogP contribution is 2.43. The Kier molecular flexibility index (Phi) is 7.19. The minimum absolute atomic E-state index is 0.156. The van der Waals surface area contributed by atoms with Gasteiger partial charge in [-0.2, -0.15) is 0 Å². The highest BCUT2D eigenvalue weighted by Gasteiger charge is 2.42. The molecule has 4 aromatic carbocycles. The Bertz CT molecular complexity index is 1670. The fraction of sp³-hybridized carbons (Fsp3) is 0.135. The maximum Gasteiger partial charge on any atom is 0.135 e. The number of imidazole rings is 1. The van der Waals surface area contributed by atoms with Gasteiger partial charge in [0.15, 0.2) is 0 Å². The summed E-state index contributed by atoms with van der Waals surface area (Å²) in [5.74, 6) is -0.156. The van der Waals surface area contributed by atoms with Gasteiger partial charge in [-0.05, 0) is 40.3 Å². The van der Waals surface area contributed by atoms with Gasteiger partial charge >= 0.3 is 0 Å². The lowest BCUT2D eigenvalue weighted by atomic mass is 9.76. The fourth-order valence-corrected chi connectivity index (χ4v) is 5.97. The molecular weight excluding hydrogens is 516 g/mol. The zero-order valence-corrected chi connectivity index (χ0v) is 23.8. The van der Waals surface area contributed by atoms with E-state index >= 15 is 0 Å². The van der Waals surface area contributed by atoms with E-state index in [1.807, 2.05) is 74.9 Å². The average Bonchev–Trinajstić information content (AvgIpc) is 3.54. The molecule has 0 aliphatic heterocycles. The number of nitrogens with zero attached hydrogens (tertiary/aromatic N) is 3. The van der Waals surface area contributed by atoms with E-state index in [0.29, 0.717) is 11.4 Å². The Balaban J connectivity index is 1.52. The standard InChI is InChI=1S/C37H34N4O/c1-27(2)37(42,32-20-18-28(19-21-32)34-24-33(38)22-23-39-34)35-25-41(26-40-35)36(29-12-6-3-7-13-29,30-14-8-4-9-15-30)31-16-10-5-11-17-31/h3-27,42H,1-2H3,(H2,38,39). The summed E-state index contributed by atoms with van der Waals surface area (Å²) in [5, 5.41) is 12.4. The van der Waals surface area contributed by atoms with Gasteiger partial charge in [-0.15, -0.1) is 0 Å². The van der Waals surface area contributed by atoms with Crippen LogP contribution in [0, 0.1) is 5.92 Å². The smallest absolute Gasteiger partial charge is 0.135 e. The van der Waals surface area contributed by atoms with Crippen LogP contribution >= 0.6 is 0 Å². The number of aromatic nitrogens is 3. The Morgan fingerprint density at radius 3 is 1.67 bits per heavy atom. The van der Waals surface area contributed by atoms with E-state index in [2.05, 4.69) is 82.3 Å². The van der Waals surface area contributed by atoms with Crippen molar-refractivity contribution in [2.75, 3.05) is 5.73 Å². The molecule has 5 nitrogen and oxygen atoms in total. The zero-order valence-electron chi connectivity index (χ0n) is 23.8. The van der Waals surface area contributed by atoms with Gasteiger partial charge in [0.25, 0.3) is 0 Å². The van der Waals surface area contributed by atoms with Crippen molar-refractivity contribution in [2.45, 2.75) is 25.0 Å². The van der Waals surface area contributed by atoms with Gasteiger partial charge in [0, 0.05) is 23.6 Å². The molecule has 0 spiro atoms. The lowest BCUT2D eigenvalue weighted by Crippen LogP contribution is -2.37. The van der Waals surface area contributed by atoms with Crippen molar-refractivity contribution in [1.29, 1.82) is 0 Å². The predicted octanol–water partition coefficient (Wildman–Crippen LogP) is 7.26. The van der Waals surface area contributed by atoms with Crippen LogP contribution in [0.4, 0.5) is 5.69 Å². The molecule has 2 heterocycles. The normalized spacial score (nSPS) is 13.1. The molecular formula is C37H34N4O. The number of aliphatic hydroxyl groups is 1. The van der Waals surface area contributed by atoms with E-state index in [1.165, 1.54) is 0 Å². The van der Waals surface area contributed by atoms with Crippen LogP contribution in [0.5, 0.6) is 0 Å². The second-order valence-corrected chi connectivity index (χ2v) is 10.9. The summed E-state index contributed by atoms with van der Waals surface area (Å²) in [4.78, 5) is 9.36. The first kappa shape index (κ1) is 27.2. The lowest BCUT2D eigenvalue weighted by Gasteiger charge is -2.37. The maximum atomic E-state index is 12.4. The zero-order chi connectivity index (χ0) is 29.2. The molecule has 0 bridgehead atoms. The van der Waals surface area contributed by atoms with Crippen molar-refractivity contribution < 1.29 is 5.11 Å². The number of pyridine rings is 1. The molecule has 42 heavy (non-hydrogen) atoms. The molecule has 0 aliphatic rings. The molecule has 0 saturated carbocycles. The molecule has 2 aromatic heterocycles. The molecule has 3 N–H and O–H groups in total. The van der Waals surface area contributed by atoms with E-state index in [0.717, 1.165) is 33.5 Å². The van der Waals surface area contributed by atoms with Crippen molar-refractivity contribution in [2.24, 2.45) is 5.92 Å². The van der Waals surface area contributed by atoms with E-state index in [9.17, 15) is 5.11 Å². The number of hydrogen-bond donors (Lipinski definition) is 2. The largest absolute Gasteiger partial charge is 0.399 e. The molecule has 208 valence electrons. The van der Waals surface area contributed by atoms with Crippen molar-refractivity contribution in [3.05, 3.63) is 174 Å². The van der Waals surface area contributed by atoms with E-state index in [4.69, 9.17) is 10.7 Å². The van der Waals surface area contributed by atoms with Crippen molar-refractivity contribution in [1.82, 2.24) is 14.5 Å². The first-order valence-corrected chi connectivity index (χ1v) is 14.2. The molecule has 0 aliphatic carbocycles. The second kappa shape index (κ2) is 11.1. The van der Waals surface area contributed by atoms with Gasteiger partial charge in [0.1, 0.15) is 11.1 Å². The first-order valence-electron chi connectivity index (χ1n) is 14.2. The minimum atomic E-state index is -1.33. The molecule has 1 atom stereocenters. The highest BCUT2D eigenvalue weighted by molar-refractivity contribution is 5.63. The van der Waals surface area contributed by atoms with Gasteiger partial charge in [0.2, 0.25) is 0 Å². The summed E-state index contributed by atoms with van der Waals surface area (Å²) in [6, 6.07) is 42.9. The van der Waals surface area contributed by atoms with Crippen LogP contribution in [-0.2, 0) is 11.1 Å². The van der Waals surface area contributed by atoms with Crippen LogP contribution in [0.3, 0.4) is 0 Å². The molecule has 0 saturated heterocycles. The van der Waals surface area contributed by atoms with E-state index in [1.54, 1.807) is 12.3 Å². The molecule has 0 fully saturated rings. The molecule has 1 unspecified atom stereocenters. The number of anilines is 1. The molecule has 6 aromatic rings. The van der Waals surface area contributed by atoms with Crippen LogP contribution in [-0.4, -0.2) is 19.6 Å². The van der Waals surface area contributed by atoms with Gasteiger partial charge < -0.3 is 15.4 Å². The predicted molar refractivity (Wildman–Crippen MR) is 169 cm³/mol. The summed E-state index contributed by atoms with van der Waals surface area (Å²) in [7, 11) is 0. The average molecular weight is 551 g/mol. The number of nitrogen functional groups attached to an aromatic ring is 1. The number of nitrogens with two attached hydrogens (primary N) is 1. The van der Waals surface area contributed by atoms with E-state index < -0.39 is 11.1 Å². The summed E-state index contributed by atoms with van der Waals surface area (Å²) in [5.41, 5.74) is 11.0. The highest BCUT2D eigenvalue weighted by atomic mass is 16.3. The molecule has 5 heteroatoms. The third-order valence-electron chi connectivity index (χ3n) is 8.18. The summed E-state index contributed by atoms with van der Waals surface area (Å²) >= 11 is 0. The molecule has 0 amide bonds. The van der Waals surface area contributed by atoms with Crippen LogP contribution in [0.2, 0.25) is 0 Å². The van der Waals surface area contributed by atoms with Crippen molar-refractivity contribution in [3.63, 3.8) is 0 Å². The van der Waals surface area contributed by atoms with Gasteiger partial charge in [-0.25, -0.2) is 4.98 Å². The minimum Gasteiger partial charge on any atom is -0.399 e. The van der Waals surface area contributed by atoms with Gasteiger partial charge in [-0.1, -0.05) is 129 Å². The number of hydrogen-bond acceptors (Lipinski definition) is 4. The van der Waals surface area contributed by atoms with Gasteiger partial charge in [0.05, 0.1) is 17.7 Å². The fourth-order valence-electron chi connectivity index (χ4n) is 5.97. The Morgan fingerprint density at radius 1 is 0.667 bits per heavy atom. The number of benzene rings is 4. The van der Waals surface area contributed by atoms with Crippen LogP contribution in [0.15, 0.2) is 146 Å². The quantitative estimate of drug-likeness (QED) is 0.196. The Labute approximate surface area is 247 Å². The Hall–Kier alpha value is -5.00. The summed E-state index contributed by atoms with van der Waals surface area (Å²) in [6.45, 7) is 4.04. The summed E-state index contributed by atoms with van der Waals surface area (Å²) < 4.78 is 2.14. The Morgan fingerprint density at radius 2 is 1.19 bits per heavy atom. The third kappa shape index (κ3) is 4.58. The number of rotatable bonds is 8. The van der Waals surface area contributed by atoms with Crippen LogP contribution in [0.1, 0.15) is 41.8 Å². The van der Waals surface area contributed by atoms with Crippen LogP contribution in [0.25, 0.3) is 11.3 Å². The maximum absolute atomic E-state index is 12.4. The third-order valence-corrected chi connectivity index (χ3v) is 8.18. The molecule has 0 radical (unpaired) electrons. The lowest BCUT2D eigenvalue weighted by molar-refractivity contribution is 0.0278. The topological polar surface area (TPSA) is 77.0 Å². The van der Waals surface area contributed by atoms with Gasteiger partial charge in [-0.3, -0.25) is 4.98 Å². The monoisotopic (exact) mass is 550 g/mol.